The van der Waals surface area contributed by atoms with Gasteiger partial charge in [0, 0.05) is 17.1 Å². The maximum Gasteiger partial charge on any atom is 0.131 e. The summed E-state index contributed by atoms with van der Waals surface area (Å²) in [6.45, 7) is 3.50. The highest BCUT2D eigenvalue weighted by atomic mass is 35.5. The number of rotatable bonds is 5. The summed E-state index contributed by atoms with van der Waals surface area (Å²) in [5.41, 5.74) is 1.78. The van der Waals surface area contributed by atoms with Crippen molar-refractivity contribution in [1.82, 2.24) is 5.32 Å². The van der Waals surface area contributed by atoms with Crippen LogP contribution in [-0.4, -0.2) is 6.54 Å². The van der Waals surface area contributed by atoms with Crippen LogP contribution in [0.4, 0.5) is 8.78 Å². The van der Waals surface area contributed by atoms with Gasteiger partial charge in [0.1, 0.15) is 11.6 Å². The third kappa shape index (κ3) is 3.56. The number of halogens is 3. The van der Waals surface area contributed by atoms with E-state index in [4.69, 9.17) is 11.6 Å². The van der Waals surface area contributed by atoms with Crippen LogP contribution in [0.3, 0.4) is 0 Å². The molecule has 20 heavy (non-hydrogen) atoms. The van der Waals surface area contributed by atoms with Crippen LogP contribution < -0.4 is 5.32 Å². The second-order valence-corrected chi connectivity index (χ2v) is 5.04. The normalized spacial score (nSPS) is 10.8. The zero-order valence-electron chi connectivity index (χ0n) is 11.2. The van der Waals surface area contributed by atoms with E-state index in [2.05, 4.69) is 12.2 Å². The van der Waals surface area contributed by atoms with Crippen molar-refractivity contribution in [2.45, 2.75) is 19.9 Å². The smallest absolute Gasteiger partial charge is 0.131 e. The van der Waals surface area contributed by atoms with Crippen LogP contribution in [0.1, 0.15) is 18.9 Å². The summed E-state index contributed by atoms with van der Waals surface area (Å²) < 4.78 is 27.2. The van der Waals surface area contributed by atoms with Crippen LogP contribution in [0.5, 0.6) is 0 Å². The lowest BCUT2D eigenvalue weighted by Gasteiger charge is -2.12. The van der Waals surface area contributed by atoms with E-state index in [1.807, 2.05) is 0 Å². The molecule has 2 aromatic rings. The van der Waals surface area contributed by atoms with E-state index in [0.717, 1.165) is 30.7 Å². The standard InChI is InChI=1S/C16H16ClF2N/c1-2-7-20-10-11-8-12(17)3-5-14(11)15-9-13(18)4-6-16(15)19/h3-6,8-9,20H,2,7,10H2,1H3. The first kappa shape index (κ1) is 14.9. The lowest BCUT2D eigenvalue weighted by atomic mass is 9.99. The highest BCUT2D eigenvalue weighted by Crippen LogP contribution is 2.29. The zero-order valence-corrected chi connectivity index (χ0v) is 12.0. The third-order valence-electron chi connectivity index (χ3n) is 3.03. The summed E-state index contributed by atoms with van der Waals surface area (Å²) in [6, 6.07) is 8.66. The molecule has 2 rings (SSSR count). The Morgan fingerprint density at radius 3 is 2.60 bits per heavy atom. The SMILES string of the molecule is CCCNCc1cc(Cl)ccc1-c1cc(F)ccc1F. The van der Waals surface area contributed by atoms with E-state index in [1.165, 1.54) is 6.07 Å². The molecule has 0 aliphatic carbocycles. The molecule has 0 saturated heterocycles. The first-order valence-electron chi connectivity index (χ1n) is 6.56. The van der Waals surface area contributed by atoms with Gasteiger partial charge in [-0.2, -0.15) is 0 Å². The van der Waals surface area contributed by atoms with Gasteiger partial charge in [-0.1, -0.05) is 24.6 Å². The van der Waals surface area contributed by atoms with Crippen molar-refractivity contribution < 1.29 is 8.78 Å². The van der Waals surface area contributed by atoms with Gasteiger partial charge in [-0.15, -0.1) is 0 Å². The highest BCUT2D eigenvalue weighted by molar-refractivity contribution is 6.30. The molecule has 0 fully saturated rings. The Hall–Kier alpha value is -1.45. The predicted molar refractivity (Wildman–Crippen MR) is 78.8 cm³/mol. The minimum Gasteiger partial charge on any atom is -0.313 e. The summed E-state index contributed by atoms with van der Waals surface area (Å²) >= 11 is 5.99. The van der Waals surface area contributed by atoms with E-state index in [-0.39, 0.29) is 5.56 Å². The fourth-order valence-electron chi connectivity index (χ4n) is 2.08. The molecule has 2 aromatic carbocycles. The van der Waals surface area contributed by atoms with Gasteiger partial charge < -0.3 is 5.32 Å². The van der Waals surface area contributed by atoms with Crippen molar-refractivity contribution >= 4 is 11.6 Å². The molecule has 0 radical (unpaired) electrons. The van der Waals surface area contributed by atoms with E-state index in [9.17, 15) is 8.78 Å². The molecule has 0 aliphatic rings. The number of hydrogen-bond acceptors (Lipinski definition) is 1. The van der Waals surface area contributed by atoms with Crippen molar-refractivity contribution in [3.8, 4) is 11.1 Å². The van der Waals surface area contributed by atoms with Crippen molar-refractivity contribution in [3.05, 3.63) is 58.6 Å². The van der Waals surface area contributed by atoms with Gasteiger partial charge in [0.05, 0.1) is 0 Å². The Balaban J connectivity index is 2.41. The van der Waals surface area contributed by atoms with Crippen LogP contribution in [0.25, 0.3) is 11.1 Å². The van der Waals surface area contributed by atoms with E-state index >= 15 is 0 Å². The van der Waals surface area contributed by atoms with Crippen molar-refractivity contribution in [2.24, 2.45) is 0 Å². The fourth-order valence-corrected chi connectivity index (χ4v) is 2.27. The summed E-state index contributed by atoms with van der Waals surface area (Å²) in [6.07, 6.45) is 1.00. The van der Waals surface area contributed by atoms with Crippen LogP contribution in [0.15, 0.2) is 36.4 Å². The zero-order chi connectivity index (χ0) is 14.5. The molecule has 0 aliphatic heterocycles. The van der Waals surface area contributed by atoms with Gasteiger partial charge in [0.25, 0.3) is 0 Å². The minimum absolute atomic E-state index is 0.259. The number of hydrogen-bond donors (Lipinski definition) is 1. The van der Waals surface area contributed by atoms with Gasteiger partial charge in [-0.3, -0.25) is 0 Å². The summed E-state index contributed by atoms with van der Waals surface area (Å²) in [5.74, 6) is -0.894. The molecule has 1 nitrogen and oxygen atoms in total. The molecule has 0 atom stereocenters. The molecule has 0 spiro atoms. The van der Waals surface area contributed by atoms with Crippen LogP contribution in [0, 0.1) is 11.6 Å². The van der Waals surface area contributed by atoms with Gasteiger partial charge in [-0.05, 0) is 54.4 Å². The van der Waals surface area contributed by atoms with Crippen molar-refractivity contribution in [1.29, 1.82) is 0 Å². The maximum absolute atomic E-state index is 13.9. The molecular formula is C16H16ClF2N. The second kappa shape index (κ2) is 6.82. The summed E-state index contributed by atoms with van der Waals surface area (Å²) in [5, 5.41) is 3.83. The van der Waals surface area contributed by atoms with Gasteiger partial charge in [0.2, 0.25) is 0 Å². The predicted octanol–water partition coefficient (Wildman–Crippen LogP) is 4.78. The summed E-state index contributed by atoms with van der Waals surface area (Å²) in [4.78, 5) is 0. The number of nitrogens with one attached hydrogen (secondary N) is 1. The van der Waals surface area contributed by atoms with Crippen molar-refractivity contribution in [3.63, 3.8) is 0 Å². The van der Waals surface area contributed by atoms with Crippen molar-refractivity contribution in [2.75, 3.05) is 6.54 Å². The van der Waals surface area contributed by atoms with Crippen LogP contribution in [0.2, 0.25) is 5.02 Å². The Morgan fingerprint density at radius 2 is 1.85 bits per heavy atom. The van der Waals surface area contributed by atoms with Gasteiger partial charge >= 0.3 is 0 Å². The summed E-state index contributed by atoms with van der Waals surface area (Å²) in [7, 11) is 0. The Morgan fingerprint density at radius 1 is 1.05 bits per heavy atom. The largest absolute Gasteiger partial charge is 0.313 e. The topological polar surface area (TPSA) is 12.0 Å². The molecule has 0 bridgehead atoms. The maximum atomic E-state index is 13.9. The molecular weight excluding hydrogens is 280 g/mol. The Kier molecular flexibility index (Phi) is 5.10. The molecule has 0 amide bonds. The number of benzene rings is 2. The third-order valence-corrected chi connectivity index (χ3v) is 3.26. The highest BCUT2D eigenvalue weighted by Gasteiger charge is 2.11. The molecule has 0 heterocycles. The second-order valence-electron chi connectivity index (χ2n) is 4.60. The minimum atomic E-state index is -0.455. The Labute approximate surface area is 122 Å². The molecule has 1 N–H and O–H groups in total. The molecule has 0 unspecified atom stereocenters. The average Bonchev–Trinajstić information content (AvgIpc) is 2.42. The molecule has 0 aromatic heterocycles. The first-order chi connectivity index (χ1) is 9.61. The lowest BCUT2D eigenvalue weighted by molar-refractivity contribution is 0.602. The monoisotopic (exact) mass is 295 g/mol. The first-order valence-corrected chi connectivity index (χ1v) is 6.94. The van der Waals surface area contributed by atoms with Gasteiger partial charge in [0.15, 0.2) is 0 Å². The lowest BCUT2D eigenvalue weighted by Crippen LogP contribution is -2.14. The molecule has 0 saturated carbocycles. The van der Waals surface area contributed by atoms with Crippen LogP contribution >= 0.6 is 11.6 Å². The molecule has 4 heteroatoms. The van der Waals surface area contributed by atoms with Crippen LogP contribution in [-0.2, 0) is 6.54 Å². The van der Waals surface area contributed by atoms with Gasteiger partial charge in [-0.25, -0.2) is 8.78 Å². The Bertz CT molecular complexity index is 599. The van der Waals surface area contributed by atoms with E-state index in [0.29, 0.717) is 17.1 Å². The van der Waals surface area contributed by atoms with E-state index < -0.39 is 11.6 Å². The quantitative estimate of drug-likeness (QED) is 0.782. The average molecular weight is 296 g/mol. The fraction of sp³-hybridized carbons (Fsp3) is 0.250. The van der Waals surface area contributed by atoms with E-state index in [1.54, 1.807) is 18.2 Å². The molecule has 106 valence electrons.